The summed E-state index contributed by atoms with van der Waals surface area (Å²) in [5, 5.41) is 7.00. The van der Waals surface area contributed by atoms with Crippen LogP contribution in [-0.2, 0) is 26.2 Å². The molecule has 2 rings (SSSR count). The van der Waals surface area contributed by atoms with Crippen LogP contribution in [0, 0.1) is 23.0 Å². The molecule has 135 valence electrons. The summed E-state index contributed by atoms with van der Waals surface area (Å²) >= 11 is 0. The summed E-state index contributed by atoms with van der Waals surface area (Å²) in [4.78, 5) is 0. The number of allylic oxidation sites excluding steroid dienone is 8. The molecule has 2 aliphatic carbocycles. The van der Waals surface area contributed by atoms with Crippen LogP contribution in [0.15, 0.2) is 33.4 Å². The molecule has 0 aromatic carbocycles. The van der Waals surface area contributed by atoms with Crippen molar-refractivity contribution >= 4 is 0 Å². The van der Waals surface area contributed by atoms with Gasteiger partial charge in [0.25, 0.3) is 0 Å². The Morgan fingerprint density at radius 2 is 0.833 bits per heavy atom. The fourth-order valence-corrected chi connectivity index (χ4v) is 2.81. The zero-order valence-corrected chi connectivity index (χ0v) is 20.5. The van der Waals surface area contributed by atoms with Crippen molar-refractivity contribution < 1.29 is 43.7 Å². The van der Waals surface area contributed by atoms with E-state index in [-0.39, 0.29) is 49.4 Å². The van der Waals surface area contributed by atoms with Gasteiger partial charge in [-0.05, 0) is 0 Å². The molecule has 0 heterocycles. The molecule has 0 amide bonds. The minimum atomic E-state index is 0. The van der Waals surface area contributed by atoms with Gasteiger partial charge >= 0.3 is 26.2 Å². The van der Waals surface area contributed by atoms with E-state index in [0.717, 1.165) is 7.11 Å². The Morgan fingerprint density at radius 1 is 0.625 bits per heavy atom. The Hall–Kier alpha value is 0.0931. The third-order valence-electron chi connectivity index (χ3n) is 5.12. The van der Waals surface area contributed by atoms with Crippen LogP contribution in [0.4, 0.5) is 0 Å². The van der Waals surface area contributed by atoms with Gasteiger partial charge in [-0.1, -0.05) is 66.2 Å². The number of aliphatic hydroxyl groups excluding tert-OH is 1. The van der Waals surface area contributed by atoms with E-state index in [2.05, 4.69) is 81.4 Å². The molecule has 0 aromatic rings. The number of hydrogen-bond donors (Lipinski definition) is 1. The van der Waals surface area contributed by atoms with Crippen molar-refractivity contribution in [2.24, 2.45) is 10.8 Å². The second-order valence-electron chi connectivity index (χ2n) is 7.25. The first kappa shape index (κ1) is 28.9. The molecule has 3 heteroatoms. The predicted molar refractivity (Wildman–Crippen MR) is 97.3 cm³/mol. The first-order chi connectivity index (χ1) is 9.90. The van der Waals surface area contributed by atoms with E-state index in [4.69, 9.17) is 5.11 Å². The average molecular weight is 429 g/mol. The summed E-state index contributed by atoms with van der Waals surface area (Å²) in [6.07, 6.45) is 6.87. The maximum Gasteiger partial charge on any atom is 3.00 e. The molecule has 1 N–H and O–H groups in total. The van der Waals surface area contributed by atoms with Crippen LogP contribution in [0.2, 0.25) is 0 Å². The minimum Gasteiger partial charge on any atom is -1.00 e. The third kappa shape index (κ3) is 6.77. The second-order valence-corrected chi connectivity index (χ2v) is 7.25. The third-order valence-corrected chi connectivity index (χ3v) is 5.12. The van der Waals surface area contributed by atoms with E-state index in [0.29, 0.717) is 0 Å². The molecule has 1 radical (unpaired) electrons. The summed E-state index contributed by atoms with van der Waals surface area (Å²) in [6, 6.07) is 0. The molecule has 0 aromatic heterocycles. The molecule has 24 heavy (non-hydrogen) atoms. The number of halogens is 1. The Balaban J connectivity index is -0.000000310. The van der Waals surface area contributed by atoms with Crippen LogP contribution in [0.3, 0.4) is 0 Å². The Kier molecular flexibility index (Phi) is 13.2. The first-order valence-corrected chi connectivity index (χ1v) is 7.95. The van der Waals surface area contributed by atoms with E-state index in [1.54, 1.807) is 0 Å². The zero-order valence-electron chi connectivity index (χ0n) is 17.3. The van der Waals surface area contributed by atoms with Crippen molar-refractivity contribution in [2.45, 2.75) is 69.2 Å². The van der Waals surface area contributed by atoms with Crippen molar-refractivity contribution in [3.8, 4) is 0 Å². The van der Waals surface area contributed by atoms with Crippen molar-refractivity contribution in [1.82, 2.24) is 0 Å². The van der Waals surface area contributed by atoms with Crippen molar-refractivity contribution in [3.05, 3.63) is 45.6 Å². The van der Waals surface area contributed by atoms with Gasteiger partial charge in [0.15, 0.2) is 0 Å². The van der Waals surface area contributed by atoms with Gasteiger partial charge in [0, 0.05) is 7.11 Å². The van der Waals surface area contributed by atoms with Gasteiger partial charge in [-0.25, -0.2) is 11.1 Å². The maximum absolute atomic E-state index is 7.00. The molecular weight excluding hydrogens is 395 g/mol. The van der Waals surface area contributed by atoms with Crippen molar-refractivity contribution in [1.29, 1.82) is 0 Å². The van der Waals surface area contributed by atoms with Crippen LogP contribution in [0.1, 0.15) is 69.2 Å². The molecule has 0 spiro atoms. The summed E-state index contributed by atoms with van der Waals surface area (Å²) in [7, 11) is 1.00. The van der Waals surface area contributed by atoms with Crippen LogP contribution in [0.25, 0.3) is 0 Å². The Bertz CT molecular complexity index is 496. The molecule has 0 saturated carbocycles. The van der Waals surface area contributed by atoms with E-state index >= 15 is 0 Å². The van der Waals surface area contributed by atoms with Gasteiger partial charge in [-0.3, -0.25) is 12.2 Å². The SMILES string of the molecule is CC1=[C-]C(C)(C)C(C)=C1C.CC1=[C-]C(C)(C)C(C)=C1C.CO.[Cl-].[Zr+3]. The molecule has 0 fully saturated rings. The van der Waals surface area contributed by atoms with Gasteiger partial charge in [0.2, 0.25) is 0 Å². The van der Waals surface area contributed by atoms with Gasteiger partial charge in [0.1, 0.15) is 0 Å². The molecule has 2 aliphatic rings. The number of rotatable bonds is 0. The summed E-state index contributed by atoms with van der Waals surface area (Å²) in [5.74, 6) is 0. The Labute approximate surface area is 175 Å². The van der Waals surface area contributed by atoms with Gasteiger partial charge < -0.3 is 17.5 Å². The predicted octanol–water partition coefficient (Wildman–Crippen LogP) is 2.83. The summed E-state index contributed by atoms with van der Waals surface area (Å²) in [6.45, 7) is 21.8. The monoisotopic (exact) mass is 427 g/mol. The summed E-state index contributed by atoms with van der Waals surface area (Å²) < 4.78 is 0. The molecule has 1 nitrogen and oxygen atoms in total. The van der Waals surface area contributed by atoms with Gasteiger partial charge in [-0.15, -0.1) is 13.8 Å². The van der Waals surface area contributed by atoms with Gasteiger partial charge in [0.05, 0.1) is 0 Å². The quantitative estimate of drug-likeness (QED) is 0.588. The largest absolute Gasteiger partial charge is 3.00 e. The molecule has 0 unspecified atom stereocenters. The van der Waals surface area contributed by atoms with Crippen LogP contribution >= 0.6 is 0 Å². The standard InChI is InChI=1S/2C10H15.CH4O.ClH.Zr/c2*1-7-6-10(4,5)9(3)8(7)2;1-2;;/h2*1-5H3;2H,1H3;1H;/q2*-1;;;+3/p-1. The number of aliphatic hydroxyl groups is 1. The number of hydrogen-bond acceptors (Lipinski definition) is 1. The normalized spacial score (nSPS) is 19.8. The smallest absolute Gasteiger partial charge is 1.00 e. The Morgan fingerprint density at radius 3 is 0.875 bits per heavy atom. The van der Waals surface area contributed by atoms with E-state index < -0.39 is 0 Å². The topological polar surface area (TPSA) is 20.2 Å². The fourth-order valence-electron chi connectivity index (χ4n) is 2.81. The fraction of sp³-hybridized carbons (Fsp3) is 0.619. The molecule has 0 atom stereocenters. The summed E-state index contributed by atoms with van der Waals surface area (Å²) in [5.41, 5.74) is 8.79. The average Bonchev–Trinajstić information content (AvgIpc) is 2.72. The zero-order chi connectivity index (χ0) is 17.9. The van der Waals surface area contributed by atoms with Crippen LogP contribution in [0.5, 0.6) is 0 Å². The molecular formula is C21H34ClOZr. The van der Waals surface area contributed by atoms with Crippen molar-refractivity contribution in [3.63, 3.8) is 0 Å². The molecule has 0 saturated heterocycles. The van der Waals surface area contributed by atoms with E-state index in [1.165, 1.54) is 33.4 Å². The van der Waals surface area contributed by atoms with Crippen LogP contribution in [-0.4, -0.2) is 12.2 Å². The van der Waals surface area contributed by atoms with Gasteiger partial charge in [-0.2, -0.15) is 22.3 Å². The van der Waals surface area contributed by atoms with Crippen LogP contribution < -0.4 is 12.4 Å². The van der Waals surface area contributed by atoms with E-state index in [1.807, 2.05) is 0 Å². The van der Waals surface area contributed by atoms with E-state index in [9.17, 15) is 0 Å². The minimum absolute atomic E-state index is 0. The first-order valence-electron chi connectivity index (χ1n) is 7.95. The molecule has 0 aliphatic heterocycles. The second kappa shape index (κ2) is 10.9. The maximum atomic E-state index is 7.00. The van der Waals surface area contributed by atoms with Crippen molar-refractivity contribution in [2.75, 3.05) is 7.11 Å². The molecule has 0 bridgehead atoms.